The van der Waals surface area contributed by atoms with Crippen LogP contribution in [0, 0.1) is 0 Å². The van der Waals surface area contributed by atoms with E-state index in [4.69, 9.17) is 10.5 Å². The molecule has 0 spiro atoms. The molecule has 0 bridgehead atoms. The normalized spacial score (nSPS) is 19.2. The molecule has 1 aliphatic heterocycles. The fourth-order valence-electron chi connectivity index (χ4n) is 2.24. The van der Waals surface area contributed by atoms with Gasteiger partial charge in [0.2, 0.25) is 0 Å². The van der Waals surface area contributed by atoms with Gasteiger partial charge in [-0.3, -0.25) is 4.90 Å². The van der Waals surface area contributed by atoms with Crippen molar-refractivity contribution in [3.63, 3.8) is 0 Å². The highest BCUT2D eigenvalue weighted by Crippen LogP contribution is 2.15. The Morgan fingerprint density at radius 1 is 1.35 bits per heavy atom. The fourth-order valence-corrected chi connectivity index (χ4v) is 2.69. The molecule has 1 heterocycles. The Kier molecular flexibility index (Phi) is 4.98. The lowest BCUT2D eigenvalue weighted by Crippen LogP contribution is -2.47. The summed E-state index contributed by atoms with van der Waals surface area (Å²) in [6, 6.07) is 8.88. The summed E-state index contributed by atoms with van der Waals surface area (Å²) < 4.78 is 6.51. The SMILES string of the molecule is NCC(Cc1cccc(Br)c1)N1CCOCC1. The first-order valence-corrected chi connectivity index (χ1v) is 6.85. The molecule has 0 aromatic heterocycles. The number of nitrogens with two attached hydrogens (primary N) is 1. The lowest BCUT2D eigenvalue weighted by Gasteiger charge is -2.33. The van der Waals surface area contributed by atoms with Crippen molar-refractivity contribution in [2.45, 2.75) is 12.5 Å². The minimum absolute atomic E-state index is 0.424. The predicted molar refractivity (Wildman–Crippen MR) is 73.1 cm³/mol. The summed E-state index contributed by atoms with van der Waals surface area (Å²) in [4.78, 5) is 2.43. The second kappa shape index (κ2) is 6.50. The molecule has 1 aromatic carbocycles. The number of ether oxygens (including phenoxy) is 1. The second-order valence-corrected chi connectivity index (χ2v) is 5.29. The van der Waals surface area contributed by atoms with Crippen molar-refractivity contribution < 1.29 is 4.74 Å². The number of morpholine rings is 1. The molecular weight excluding hydrogens is 280 g/mol. The Morgan fingerprint density at radius 2 is 2.12 bits per heavy atom. The molecule has 0 amide bonds. The summed E-state index contributed by atoms with van der Waals surface area (Å²) in [7, 11) is 0. The summed E-state index contributed by atoms with van der Waals surface area (Å²) >= 11 is 3.51. The molecule has 1 saturated heterocycles. The van der Waals surface area contributed by atoms with Gasteiger partial charge in [0.1, 0.15) is 0 Å². The lowest BCUT2D eigenvalue weighted by molar-refractivity contribution is 0.0184. The van der Waals surface area contributed by atoms with Crippen molar-refractivity contribution in [1.82, 2.24) is 4.90 Å². The first-order valence-electron chi connectivity index (χ1n) is 6.06. The summed E-state index contributed by atoms with van der Waals surface area (Å²) in [6.07, 6.45) is 1.01. The molecule has 2 N–H and O–H groups in total. The smallest absolute Gasteiger partial charge is 0.0594 e. The lowest BCUT2D eigenvalue weighted by atomic mass is 10.0. The van der Waals surface area contributed by atoms with Crippen molar-refractivity contribution in [2.24, 2.45) is 5.73 Å². The van der Waals surface area contributed by atoms with E-state index in [0.717, 1.165) is 37.2 Å². The van der Waals surface area contributed by atoms with E-state index in [9.17, 15) is 0 Å². The van der Waals surface area contributed by atoms with Crippen LogP contribution in [-0.2, 0) is 11.2 Å². The zero-order chi connectivity index (χ0) is 12.1. The monoisotopic (exact) mass is 298 g/mol. The average Bonchev–Trinajstić information content (AvgIpc) is 2.37. The Hall–Kier alpha value is -0.420. The van der Waals surface area contributed by atoms with Crippen molar-refractivity contribution in [2.75, 3.05) is 32.8 Å². The molecule has 4 heteroatoms. The van der Waals surface area contributed by atoms with Crippen LogP contribution in [0.25, 0.3) is 0 Å². The van der Waals surface area contributed by atoms with Crippen LogP contribution in [0.2, 0.25) is 0 Å². The van der Waals surface area contributed by atoms with Gasteiger partial charge in [-0.15, -0.1) is 0 Å². The van der Waals surface area contributed by atoms with Crippen LogP contribution >= 0.6 is 15.9 Å². The van der Waals surface area contributed by atoms with E-state index in [2.05, 4.69) is 45.1 Å². The molecule has 2 rings (SSSR count). The van der Waals surface area contributed by atoms with Crippen LogP contribution in [-0.4, -0.2) is 43.8 Å². The maximum absolute atomic E-state index is 5.90. The third-order valence-corrected chi connectivity index (χ3v) is 3.69. The summed E-state index contributed by atoms with van der Waals surface area (Å²) in [6.45, 7) is 4.35. The molecule has 17 heavy (non-hydrogen) atoms. The first-order chi connectivity index (χ1) is 8.29. The van der Waals surface area contributed by atoms with Crippen molar-refractivity contribution in [3.05, 3.63) is 34.3 Å². The second-order valence-electron chi connectivity index (χ2n) is 4.37. The van der Waals surface area contributed by atoms with Gasteiger partial charge in [-0.25, -0.2) is 0 Å². The van der Waals surface area contributed by atoms with E-state index in [1.807, 2.05) is 0 Å². The highest BCUT2D eigenvalue weighted by atomic mass is 79.9. The summed E-state index contributed by atoms with van der Waals surface area (Å²) in [5, 5.41) is 0. The molecule has 1 aromatic rings. The standard InChI is InChI=1S/C13H19BrN2O/c14-12-3-1-2-11(8-12)9-13(10-15)16-4-6-17-7-5-16/h1-3,8,13H,4-7,9-10,15H2. The topological polar surface area (TPSA) is 38.5 Å². The quantitative estimate of drug-likeness (QED) is 0.919. The van der Waals surface area contributed by atoms with Crippen LogP contribution in [0.4, 0.5) is 0 Å². The third-order valence-electron chi connectivity index (χ3n) is 3.19. The molecule has 0 saturated carbocycles. The Morgan fingerprint density at radius 3 is 2.76 bits per heavy atom. The van der Waals surface area contributed by atoms with Gasteiger partial charge in [0, 0.05) is 30.1 Å². The summed E-state index contributed by atoms with van der Waals surface area (Å²) in [5.41, 5.74) is 7.23. The highest BCUT2D eigenvalue weighted by molar-refractivity contribution is 9.10. The molecule has 1 fully saturated rings. The molecule has 3 nitrogen and oxygen atoms in total. The van der Waals surface area contributed by atoms with Crippen molar-refractivity contribution in [3.8, 4) is 0 Å². The van der Waals surface area contributed by atoms with Gasteiger partial charge in [0.15, 0.2) is 0 Å². The Balaban J connectivity index is 1.98. The molecule has 0 radical (unpaired) electrons. The summed E-state index contributed by atoms with van der Waals surface area (Å²) in [5.74, 6) is 0. The van der Waals surface area contributed by atoms with E-state index in [0.29, 0.717) is 12.6 Å². The third kappa shape index (κ3) is 3.78. The van der Waals surface area contributed by atoms with E-state index < -0.39 is 0 Å². The van der Waals surface area contributed by atoms with Gasteiger partial charge >= 0.3 is 0 Å². The zero-order valence-electron chi connectivity index (χ0n) is 9.94. The largest absolute Gasteiger partial charge is 0.379 e. The van der Waals surface area contributed by atoms with Crippen LogP contribution in [0.5, 0.6) is 0 Å². The minimum Gasteiger partial charge on any atom is -0.379 e. The number of hydrogen-bond donors (Lipinski definition) is 1. The van der Waals surface area contributed by atoms with Gasteiger partial charge < -0.3 is 10.5 Å². The minimum atomic E-state index is 0.424. The number of benzene rings is 1. The predicted octanol–water partition coefficient (Wildman–Crippen LogP) is 1.65. The van der Waals surface area contributed by atoms with Gasteiger partial charge in [-0.05, 0) is 24.1 Å². The number of rotatable bonds is 4. The van der Waals surface area contributed by atoms with E-state index >= 15 is 0 Å². The van der Waals surface area contributed by atoms with E-state index in [-0.39, 0.29) is 0 Å². The zero-order valence-corrected chi connectivity index (χ0v) is 11.5. The van der Waals surface area contributed by atoms with E-state index in [1.165, 1.54) is 5.56 Å². The van der Waals surface area contributed by atoms with Gasteiger partial charge in [-0.1, -0.05) is 28.1 Å². The average molecular weight is 299 g/mol. The molecule has 0 aliphatic carbocycles. The maximum Gasteiger partial charge on any atom is 0.0594 e. The number of hydrogen-bond acceptors (Lipinski definition) is 3. The van der Waals surface area contributed by atoms with Crippen LogP contribution in [0.3, 0.4) is 0 Å². The molecule has 1 atom stereocenters. The van der Waals surface area contributed by atoms with Crippen LogP contribution in [0.1, 0.15) is 5.56 Å². The van der Waals surface area contributed by atoms with E-state index in [1.54, 1.807) is 0 Å². The molecule has 94 valence electrons. The first kappa shape index (κ1) is 13.0. The van der Waals surface area contributed by atoms with Gasteiger partial charge in [-0.2, -0.15) is 0 Å². The Labute approximate surface area is 111 Å². The van der Waals surface area contributed by atoms with Gasteiger partial charge in [0.05, 0.1) is 13.2 Å². The molecule has 1 unspecified atom stereocenters. The van der Waals surface area contributed by atoms with Crippen LogP contribution < -0.4 is 5.73 Å². The van der Waals surface area contributed by atoms with Crippen LogP contribution in [0.15, 0.2) is 28.7 Å². The Bertz CT molecular complexity index is 353. The van der Waals surface area contributed by atoms with Gasteiger partial charge in [0.25, 0.3) is 0 Å². The maximum atomic E-state index is 5.90. The number of nitrogens with zero attached hydrogens (tertiary/aromatic N) is 1. The van der Waals surface area contributed by atoms with Crippen molar-refractivity contribution >= 4 is 15.9 Å². The fraction of sp³-hybridized carbons (Fsp3) is 0.538. The highest BCUT2D eigenvalue weighted by Gasteiger charge is 2.19. The molecular formula is C13H19BrN2O. The number of halogens is 1. The molecule has 1 aliphatic rings. The van der Waals surface area contributed by atoms with Crippen molar-refractivity contribution in [1.29, 1.82) is 0 Å².